The van der Waals surface area contributed by atoms with Gasteiger partial charge in [-0.25, -0.2) is 5.01 Å². The number of aryl methyl sites for hydroxylation is 1. The van der Waals surface area contributed by atoms with Gasteiger partial charge in [0, 0.05) is 31.4 Å². The van der Waals surface area contributed by atoms with Crippen LogP contribution in [0, 0.1) is 0 Å². The van der Waals surface area contributed by atoms with Gasteiger partial charge in [0.25, 0.3) is 0 Å². The smallest absolute Gasteiger partial charge is 0.198 e. The van der Waals surface area contributed by atoms with Crippen molar-refractivity contribution in [1.82, 2.24) is 0 Å². The van der Waals surface area contributed by atoms with E-state index in [9.17, 15) is 4.79 Å². The second kappa shape index (κ2) is 9.72. The molecule has 2 aliphatic heterocycles. The zero-order valence-electron chi connectivity index (χ0n) is 20.0. The molecule has 1 atom stereocenters. The summed E-state index contributed by atoms with van der Waals surface area (Å²) in [6.07, 6.45) is 4.56. The third-order valence-electron chi connectivity index (χ3n) is 6.78. The van der Waals surface area contributed by atoms with Gasteiger partial charge in [0.05, 0.1) is 5.69 Å². The van der Waals surface area contributed by atoms with E-state index in [1.807, 2.05) is 35.3 Å². The van der Waals surface area contributed by atoms with E-state index in [-0.39, 0.29) is 11.9 Å². The molecule has 5 nitrogen and oxygen atoms in total. The van der Waals surface area contributed by atoms with Crippen molar-refractivity contribution in [1.29, 1.82) is 0 Å². The second-order valence-corrected chi connectivity index (χ2v) is 9.06. The summed E-state index contributed by atoms with van der Waals surface area (Å²) in [5.41, 5.74) is 5.56. The van der Waals surface area contributed by atoms with Crippen LogP contribution in [0.3, 0.4) is 0 Å². The monoisotopic (exact) mass is 452 g/mol. The molecule has 2 heterocycles. The van der Waals surface area contributed by atoms with Crippen molar-refractivity contribution in [3.63, 3.8) is 0 Å². The fourth-order valence-electron chi connectivity index (χ4n) is 4.91. The number of nitrogens with zero attached hydrogens (tertiary/aromatic N) is 4. The number of ketones is 1. The largest absolute Gasteiger partial charge is 0.372 e. The number of carbonyl (C=O) groups excluding carboxylic acids is 1. The fourth-order valence-corrected chi connectivity index (χ4v) is 4.91. The van der Waals surface area contributed by atoms with Gasteiger partial charge in [-0.1, -0.05) is 49.4 Å². The highest BCUT2D eigenvalue weighted by Crippen LogP contribution is 2.39. The number of amidine groups is 1. The topological polar surface area (TPSA) is 39.2 Å². The summed E-state index contributed by atoms with van der Waals surface area (Å²) in [5.74, 6) is 0.410. The normalized spacial score (nSPS) is 18.2. The second-order valence-electron chi connectivity index (χ2n) is 9.06. The van der Waals surface area contributed by atoms with Gasteiger partial charge in [-0.05, 0) is 73.2 Å². The van der Waals surface area contributed by atoms with Crippen molar-refractivity contribution in [2.75, 3.05) is 27.9 Å². The molecule has 0 spiro atoms. The van der Waals surface area contributed by atoms with Crippen LogP contribution in [0.5, 0.6) is 0 Å². The van der Waals surface area contributed by atoms with E-state index in [4.69, 9.17) is 5.10 Å². The quantitative estimate of drug-likeness (QED) is 0.449. The van der Waals surface area contributed by atoms with Crippen LogP contribution in [-0.4, -0.2) is 24.7 Å². The standard InChI is InChI=1S/C29H32N4O/c1-3-23-12-14-24(15-13-23)29-32(26-18-16-25(17-19-26)31-20-8-5-9-21-31)28(22(2)34)30-33(29)27-10-6-4-7-11-27/h4,6-7,10-19,29H,3,5,8-9,20-21H2,1-2H3/t29-/m1/s1. The van der Waals surface area contributed by atoms with Crippen molar-refractivity contribution in [2.45, 2.75) is 45.7 Å². The Bertz CT molecular complexity index is 1150. The van der Waals surface area contributed by atoms with Gasteiger partial charge in [-0.2, -0.15) is 0 Å². The zero-order chi connectivity index (χ0) is 23.5. The summed E-state index contributed by atoms with van der Waals surface area (Å²) >= 11 is 0. The van der Waals surface area contributed by atoms with Crippen molar-refractivity contribution in [3.05, 3.63) is 90.0 Å². The van der Waals surface area contributed by atoms with E-state index in [1.54, 1.807) is 6.92 Å². The molecule has 0 aliphatic carbocycles. The molecule has 0 saturated carbocycles. The van der Waals surface area contributed by atoms with Gasteiger partial charge >= 0.3 is 0 Å². The van der Waals surface area contributed by atoms with Crippen molar-refractivity contribution < 1.29 is 4.79 Å². The van der Waals surface area contributed by atoms with Gasteiger partial charge < -0.3 is 4.90 Å². The Hall–Kier alpha value is -3.60. The molecule has 0 aromatic heterocycles. The van der Waals surface area contributed by atoms with Crippen LogP contribution < -0.4 is 14.8 Å². The Labute approximate surface area is 202 Å². The summed E-state index contributed by atoms with van der Waals surface area (Å²) in [6.45, 7) is 5.97. The molecule has 3 aromatic rings. The van der Waals surface area contributed by atoms with Crippen LogP contribution >= 0.6 is 0 Å². The lowest BCUT2D eigenvalue weighted by Gasteiger charge is -2.33. The van der Waals surface area contributed by atoms with Crippen LogP contribution in [0.4, 0.5) is 17.1 Å². The predicted molar refractivity (Wildman–Crippen MR) is 141 cm³/mol. The summed E-state index contributed by atoms with van der Waals surface area (Å²) in [5, 5.41) is 6.81. The van der Waals surface area contributed by atoms with Crippen LogP contribution in [0.25, 0.3) is 0 Å². The van der Waals surface area contributed by atoms with Crippen LogP contribution in [-0.2, 0) is 11.2 Å². The van der Waals surface area contributed by atoms with Gasteiger partial charge in [-0.15, -0.1) is 5.10 Å². The molecular formula is C29H32N4O. The molecule has 3 aromatic carbocycles. The number of anilines is 3. The van der Waals surface area contributed by atoms with E-state index >= 15 is 0 Å². The lowest BCUT2D eigenvalue weighted by Crippen LogP contribution is -2.37. The number of Topliss-reactive ketones (excluding diaryl/α,β-unsaturated/α-hetero) is 1. The number of hydrogen-bond acceptors (Lipinski definition) is 5. The Morgan fingerprint density at radius 3 is 2.09 bits per heavy atom. The average molecular weight is 453 g/mol. The van der Waals surface area contributed by atoms with Crippen molar-refractivity contribution in [2.24, 2.45) is 5.10 Å². The van der Waals surface area contributed by atoms with Crippen LogP contribution in [0.1, 0.15) is 50.4 Å². The number of para-hydroxylation sites is 1. The van der Waals surface area contributed by atoms with Gasteiger partial charge in [0.15, 0.2) is 17.8 Å². The van der Waals surface area contributed by atoms with Gasteiger partial charge in [-0.3, -0.25) is 9.69 Å². The average Bonchev–Trinajstić information content (AvgIpc) is 3.31. The molecule has 0 bridgehead atoms. The predicted octanol–water partition coefficient (Wildman–Crippen LogP) is 6.17. The maximum atomic E-state index is 12.8. The molecule has 1 saturated heterocycles. The minimum atomic E-state index is -0.243. The molecule has 1 fully saturated rings. The van der Waals surface area contributed by atoms with Gasteiger partial charge in [0.2, 0.25) is 0 Å². The van der Waals surface area contributed by atoms with Crippen LogP contribution in [0.15, 0.2) is 84.0 Å². The molecule has 2 aliphatic rings. The first kappa shape index (κ1) is 22.2. The van der Waals surface area contributed by atoms with Crippen LogP contribution in [0.2, 0.25) is 0 Å². The summed E-state index contributed by atoms with van der Waals surface area (Å²) < 4.78 is 0. The molecule has 5 heteroatoms. The Morgan fingerprint density at radius 1 is 0.824 bits per heavy atom. The molecule has 5 rings (SSSR count). The molecule has 0 radical (unpaired) electrons. The third kappa shape index (κ3) is 4.30. The first-order valence-corrected chi connectivity index (χ1v) is 12.3. The van der Waals surface area contributed by atoms with Gasteiger partial charge in [0.1, 0.15) is 0 Å². The Morgan fingerprint density at radius 2 is 1.47 bits per heavy atom. The summed E-state index contributed by atoms with van der Waals surface area (Å²) in [7, 11) is 0. The summed E-state index contributed by atoms with van der Waals surface area (Å²) in [4.78, 5) is 17.3. The fraction of sp³-hybridized carbons (Fsp3) is 0.310. The maximum absolute atomic E-state index is 12.8. The number of benzene rings is 3. The first-order valence-electron chi connectivity index (χ1n) is 12.3. The minimum Gasteiger partial charge on any atom is -0.372 e. The zero-order valence-corrected chi connectivity index (χ0v) is 20.0. The first-order chi connectivity index (χ1) is 16.7. The molecule has 34 heavy (non-hydrogen) atoms. The Balaban J connectivity index is 1.56. The summed E-state index contributed by atoms with van der Waals surface area (Å²) in [6, 6.07) is 27.4. The highest BCUT2D eigenvalue weighted by atomic mass is 16.1. The number of piperidine rings is 1. The lowest BCUT2D eigenvalue weighted by atomic mass is 10.1. The molecular weight excluding hydrogens is 420 g/mol. The van der Waals surface area contributed by atoms with E-state index in [2.05, 4.69) is 65.3 Å². The molecule has 174 valence electrons. The number of hydrogen-bond donors (Lipinski definition) is 0. The van der Waals surface area contributed by atoms with Crippen molar-refractivity contribution in [3.8, 4) is 0 Å². The number of rotatable bonds is 6. The molecule has 0 N–H and O–H groups in total. The third-order valence-corrected chi connectivity index (χ3v) is 6.78. The highest BCUT2D eigenvalue weighted by molar-refractivity contribution is 6.44. The maximum Gasteiger partial charge on any atom is 0.198 e. The van der Waals surface area contributed by atoms with Crippen molar-refractivity contribution >= 4 is 28.7 Å². The lowest BCUT2D eigenvalue weighted by molar-refractivity contribution is -0.111. The van der Waals surface area contributed by atoms with E-state index in [0.717, 1.165) is 36.4 Å². The Kier molecular flexibility index (Phi) is 6.35. The SMILES string of the molecule is CCc1ccc([C@H]2N(c3ccccc3)N=C(C(C)=O)N2c2ccc(N3CCCCC3)cc2)cc1. The van der Waals surface area contributed by atoms with E-state index in [1.165, 1.54) is 30.5 Å². The minimum absolute atomic E-state index is 0.0475. The number of hydrazone groups is 1. The highest BCUT2D eigenvalue weighted by Gasteiger charge is 2.39. The van der Waals surface area contributed by atoms with E-state index in [0.29, 0.717) is 5.84 Å². The number of carbonyl (C=O) groups is 1. The molecule has 0 unspecified atom stereocenters. The van der Waals surface area contributed by atoms with E-state index < -0.39 is 0 Å². The molecule has 0 amide bonds.